The minimum atomic E-state index is -2.22. The van der Waals surface area contributed by atoms with Gasteiger partial charge < -0.3 is 5.11 Å². The molecule has 3 heteroatoms. The van der Waals surface area contributed by atoms with E-state index in [2.05, 4.69) is 13.2 Å². The predicted octanol–water partition coefficient (Wildman–Crippen LogP) is 1.93. The van der Waals surface area contributed by atoms with E-state index in [1.165, 1.54) is 12.2 Å². The third-order valence-electron chi connectivity index (χ3n) is 1.32. The first-order chi connectivity index (χ1) is 5.06. The lowest BCUT2D eigenvalue weighted by Crippen LogP contribution is -2.32. The topological polar surface area (TPSA) is 37.3 Å². The Morgan fingerprint density at radius 2 is 1.82 bits per heavy atom. The third kappa shape index (κ3) is 2.53. The zero-order valence-electron chi connectivity index (χ0n) is 6.22. The molecule has 0 unspecified atom stereocenters. The maximum atomic E-state index is 13.2. The Balaban J connectivity index is 4.35. The molecule has 0 rings (SSSR count). The second-order valence-corrected chi connectivity index (χ2v) is 2.26. The molecule has 11 heavy (non-hydrogen) atoms. The molecule has 0 spiro atoms. The second-order valence-electron chi connectivity index (χ2n) is 2.26. The highest BCUT2D eigenvalue weighted by Crippen LogP contribution is 2.21. The van der Waals surface area contributed by atoms with Crippen LogP contribution in [0.3, 0.4) is 0 Å². The van der Waals surface area contributed by atoms with Gasteiger partial charge in [-0.2, -0.15) is 0 Å². The smallest absolute Gasteiger partial charge is 0.342 e. The fourth-order valence-corrected chi connectivity index (χ4v) is 0.716. The number of halogens is 1. The Morgan fingerprint density at radius 3 is 2.00 bits per heavy atom. The molecule has 0 aromatic carbocycles. The van der Waals surface area contributed by atoms with E-state index in [4.69, 9.17) is 5.11 Å². The van der Waals surface area contributed by atoms with Crippen molar-refractivity contribution in [2.75, 3.05) is 0 Å². The monoisotopic (exact) mass is 158 g/mol. The minimum Gasteiger partial charge on any atom is -0.479 e. The van der Waals surface area contributed by atoms with Crippen LogP contribution in [0.5, 0.6) is 0 Å². The molecule has 0 radical (unpaired) electrons. The molecule has 0 saturated carbocycles. The van der Waals surface area contributed by atoms with Crippen molar-refractivity contribution in [3.63, 3.8) is 0 Å². The zero-order chi connectivity index (χ0) is 8.91. The van der Waals surface area contributed by atoms with E-state index < -0.39 is 11.6 Å². The van der Waals surface area contributed by atoms with Gasteiger partial charge in [-0.15, -0.1) is 13.2 Å². The summed E-state index contributed by atoms with van der Waals surface area (Å²) < 4.78 is 13.2. The quantitative estimate of drug-likeness (QED) is 0.621. The average Bonchev–Trinajstić information content (AvgIpc) is 1.88. The first-order valence-electron chi connectivity index (χ1n) is 3.21. The SMILES string of the molecule is C=CCC(F)(CC=C)C(=O)O. The van der Waals surface area contributed by atoms with Crippen molar-refractivity contribution in [3.05, 3.63) is 25.3 Å². The average molecular weight is 158 g/mol. The molecule has 0 aliphatic heterocycles. The van der Waals surface area contributed by atoms with Gasteiger partial charge in [0.05, 0.1) is 0 Å². The molecule has 0 aromatic rings. The highest BCUT2D eigenvalue weighted by molar-refractivity contribution is 5.77. The summed E-state index contributed by atoms with van der Waals surface area (Å²) in [4.78, 5) is 10.3. The summed E-state index contributed by atoms with van der Waals surface area (Å²) >= 11 is 0. The number of rotatable bonds is 5. The van der Waals surface area contributed by atoms with E-state index in [-0.39, 0.29) is 12.8 Å². The van der Waals surface area contributed by atoms with Crippen LogP contribution in [0.15, 0.2) is 25.3 Å². The molecule has 0 fully saturated rings. The Labute approximate surface area is 65.0 Å². The molecular formula is C8H11FO2. The minimum absolute atomic E-state index is 0.186. The standard InChI is InChI=1S/C8H11FO2/c1-3-5-8(9,6-4-2)7(10)11/h3-4H,1-2,5-6H2,(H,10,11). The van der Waals surface area contributed by atoms with Crippen LogP contribution in [0.25, 0.3) is 0 Å². The normalized spacial score (nSPS) is 10.6. The highest BCUT2D eigenvalue weighted by Gasteiger charge is 2.35. The van der Waals surface area contributed by atoms with E-state index in [1.54, 1.807) is 0 Å². The number of aliphatic carboxylic acids is 1. The molecule has 0 aliphatic carbocycles. The lowest BCUT2D eigenvalue weighted by atomic mass is 9.98. The van der Waals surface area contributed by atoms with Crippen molar-refractivity contribution in [1.29, 1.82) is 0 Å². The van der Waals surface area contributed by atoms with Gasteiger partial charge in [0.2, 0.25) is 5.67 Å². The predicted molar refractivity (Wildman–Crippen MR) is 41.1 cm³/mol. The van der Waals surface area contributed by atoms with E-state index in [9.17, 15) is 9.18 Å². The fraction of sp³-hybridized carbons (Fsp3) is 0.375. The van der Waals surface area contributed by atoms with Gasteiger partial charge in [-0.25, -0.2) is 9.18 Å². The third-order valence-corrected chi connectivity index (χ3v) is 1.32. The molecule has 0 amide bonds. The first kappa shape index (κ1) is 9.88. The number of alkyl halides is 1. The lowest BCUT2D eigenvalue weighted by Gasteiger charge is -2.15. The van der Waals surface area contributed by atoms with Crippen molar-refractivity contribution < 1.29 is 14.3 Å². The Hall–Kier alpha value is -1.12. The van der Waals surface area contributed by atoms with Crippen LogP contribution in [-0.2, 0) is 4.79 Å². The van der Waals surface area contributed by atoms with Gasteiger partial charge in [0, 0.05) is 12.8 Å². The summed E-state index contributed by atoms with van der Waals surface area (Å²) in [5.41, 5.74) is -2.22. The molecule has 0 bridgehead atoms. The molecule has 1 N–H and O–H groups in total. The number of hydrogen-bond donors (Lipinski definition) is 1. The van der Waals surface area contributed by atoms with Crippen LogP contribution in [-0.4, -0.2) is 16.7 Å². The summed E-state index contributed by atoms with van der Waals surface area (Å²) in [6.45, 7) is 6.55. The summed E-state index contributed by atoms with van der Waals surface area (Å²) in [5.74, 6) is -1.46. The van der Waals surface area contributed by atoms with Crippen LogP contribution < -0.4 is 0 Å². The van der Waals surface area contributed by atoms with Crippen LogP contribution >= 0.6 is 0 Å². The van der Waals surface area contributed by atoms with Crippen molar-refractivity contribution in [2.24, 2.45) is 0 Å². The maximum Gasteiger partial charge on any atom is 0.342 e. The number of carboxylic acids is 1. The maximum absolute atomic E-state index is 13.2. The molecule has 0 saturated heterocycles. The summed E-state index contributed by atoms with van der Waals surface area (Å²) in [7, 11) is 0. The van der Waals surface area contributed by atoms with E-state index in [0.29, 0.717) is 0 Å². The zero-order valence-corrected chi connectivity index (χ0v) is 6.22. The Kier molecular flexibility index (Phi) is 3.51. The van der Waals surface area contributed by atoms with Crippen LogP contribution in [0, 0.1) is 0 Å². The van der Waals surface area contributed by atoms with Crippen LogP contribution in [0.4, 0.5) is 4.39 Å². The van der Waals surface area contributed by atoms with Gasteiger partial charge in [0.25, 0.3) is 0 Å². The molecule has 0 heterocycles. The number of carbonyl (C=O) groups is 1. The first-order valence-corrected chi connectivity index (χ1v) is 3.21. The molecule has 62 valence electrons. The van der Waals surface area contributed by atoms with E-state index >= 15 is 0 Å². The van der Waals surface area contributed by atoms with Gasteiger partial charge >= 0.3 is 5.97 Å². The molecule has 0 aromatic heterocycles. The number of carboxylic acid groups (broad SMARTS) is 1. The van der Waals surface area contributed by atoms with Crippen molar-refractivity contribution in [1.82, 2.24) is 0 Å². The summed E-state index contributed by atoms with van der Waals surface area (Å²) in [6, 6.07) is 0. The Morgan fingerprint density at radius 1 is 1.45 bits per heavy atom. The lowest BCUT2D eigenvalue weighted by molar-refractivity contribution is -0.150. The van der Waals surface area contributed by atoms with Gasteiger partial charge in [0.1, 0.15) is 0 Å². The van der Waals surface area contributed by atoms with Crippen molar-refractivity contribution >= 4 is 5.97 Å². The molecular weight excluding hydrogens is 147 g/mol. The van der Waals surface area contributed by atoms with Crippen LogP contribution in [0.1, 0.15) is 12.8 Å². The largest absolute Gasteiger partial charge is 0.479 e. The van der Waals surface area contributed by atoms with Crippen LogP contribution in [0.2, 0.25) is 0 Å². The summed E-state index contributed by atoms with van der Waals surface area (Å²) in [6.07, 6.45) is 2.12. The molecule has 0 atom stereocenters. The van der Waals surface area contributed by atoms with Gasteiger partial charge in [-0.1, -0.05) is 12.2 Å². The highest BCUT2D eigenvalue weighted by atomic mass is 19.1. The van der Waals surface area contributed by atoms with Gasteiger partial charge in [0.15, 0.2) is 0 Å². The van der Waals surface area contributed by atoms with Gasteiger partial charge in [-0.3, -0.25) is 0 Å². The van der Waals surface area contributed by atoms with E-state index in [1.807, 2.05) is 0 Å². The number of hydrogen-bond acceptors (Lipinski definition) is 1. The van der Waals surface area contributed by atoms with E-state index in [0.717, 1.165) is 0 Å². The second kappa shape index (κ2) is 3.91. The number of allylic oxidation sites excluding steroid dienone is 2. The fourth-order valence-electron chi connectivity index (χ4n) is 0.716. The van der Waals surface area contributed by atoms with Crippen molar-refractivity contribution in [3.8, 4) is 0 Å². The molecule has 2 nitrogen and oxygen atoms in total. The summed E-state index contributed by atoms with van der Waals surface area (Å²) in [5, 5.41) is 8.42. The Bertz CT molecular complexity index is 165. The van der Waals surface area contributed by atoms with Gasteiger partial charge in [-0.05, 0) is 0 Å². The van der Waals surface area contributed by atoms with Crippen molar-refractivity contribution in [2.45, 2.75) is 18.5 Å². The molecule has 0 aliphatic rings.